The lowest BCUT2D eigenvalue weighted by molar-refractivity contribution is -0.121. The van der Waals surface area contributed by atoms with Crippen molar-refractivity contribution in [1.82, 2.24) is 15.3 Å². The van der Waals surface area contributed by atoms with Crippen molar-refractivity contribution < 1.29 is 4.79 Å². The van der Waals surface area contributed by atoms with E-state index in [9.17, 15) is 4.79 Å². The summed E-state index contributed by atoms with van der Waals surface area (Å²) in [4.78, 5) is 20.7. The van der Waals surface area contributed by atoms with Crippen molar-refractivity contribution in [3.8, 4) is 11.3 Å². The Morgan fingerprint density at radius 3 is 2.42 bits per heavy atom. The molecule has 3 rings (SSSR count). The molecule has 132 valence electrons. The van der Waals surface area contributed by atoms with Crippen LogP contribution in [0.3, 0.4) is 0 Å². The Bertz CT molecular complexity index is 880. The average Bonchev–Trinajstić information content (AvgIpc) is 2.67. The smallest absolute Gasteiger partial charge is 0.220 e. The van der Waals surface area contributed by atoms with Crippen LogP contribution < -0.4 is 5.32 Å². The molecule has 0 saturated heterocycles. The minimum atomic E-state index is -0.0643. The molecule has 0 saturated carbocycles. The van der Waals surface area contributed by atoms with Gasteiger partial charge in [0.05, 0.1) is 5.69 Å². The molecule has 0 bridgehead atoms. The molecular weight excluding hydrogens is 369 g/mol. The van der Waals surface area contributed by atoms with Crippen LogP contribution in [0.5, 0.6) is 0 Å². The van der Waals surface area contributed by atoms with E-state index >= 15 is 0 Å². The third kappa shape index (κ3) is 4.59. The molecule has 1 amide bonds. The van der Waals surface area contributed by atoms with Gasteiger partial charge in [-0.1, -0.05) is 35.3 Å². The molecule has 0 aliphatic rings. The fourth-order valence-electron chi connectivity index (χ4n) is 2.64. The minimum Gasteiger partial charge on any atom is -0.352 e. The summed E-state index contributed by atoms with van der Waals surface area (Å²) in [6, 6.07) is 12.9. The molecule has 0 radical (unpaired) electrons. The van der Waals surface area contributed by atoms with E-state index in [1.807, 2.05) is 24.3 Å². The second-order valence-corrected chi connectivity index (χ2v) is 6.54. The number of aromatic nitrogens is 2. The van der Waals surface area contributed by atoms with Gasteiger partial charge < -0.3 is 5.32 Å². The molecule has 2 heterocycles. The fourth-order valence-corrected chi connectivity index (χ4v) is 3.23. The number of hydrogen-bond donors (Lipinski definition) is 1. The highest BCUT2D eigenvalue weighted by atomic mass is 35.5. The van der Waals surface area contributed by atoms with Crippen molar-refractivity contribution in [2.45, 2.75) is 19.4 Å². The number of hydrogen-bond acceptors (Lipinski definition) is 3. The zero-order valence-electron chi connectivity index (χ0n) is 14.0. The third-order valence-electron chi connectivity index (χ3n) is 3.98. The molecule has 0 fully saturated rings. The van der Waals surface area contributed by atoms with Gasteiger partial charge in [-0.15, -0.1) is 0 Å². The number of halogens is 2. The van der Waals surface area contributed by atoms with E-state index in [4.69, 9.17) is 23.2 Å². The Labute approximate surface area is 162 Å². The van der Waals surface area contributed by atoms with Crippen molar-refractivity contribution in [1.29, 1.82) is 0 Å². The number of nitrogens with zero attached hydrogens (tertiary/aromatic N) is 2. The van der Waals surface area contributed by atoms with Crippen LogP contribution in [0, 0.1) is 0 Å². The Kier molecular flexibility index (Phi) is 6.21. The molecule has 0 spiro atoms. The first-order chi connectivity index (χ1) is 12.6. The van der Waals surface area contributed by atoms with Crippen molar-refractivity contribution in [3.05, 3.63) is 82.2 Å². The van der Waals surface area contributed by atoms with Gasteiger partial charge in [0.2, 0.25) is 5.91 Å². The highest BCUT2D eigenvalue weighted by Gasteiger charge is 2.10. The maximum atomic E-state index is 12.2. The number of pyridine rings is 2. The van der Waals surface area contributed by atoms with Gasteiger partial charge in [-0.3, -0.25) is 14.8 Å². The lowest BCUT2D eigenvalue weighted by atomic mass is 10.1. The molecule has 2 aromatic heterocycles. The number of nitrogens with one attached hydrogen (secondary N) is 1. The van der Waals surface area contributed by atoms with Gasteiger partial charge in [0.15, 0.2) is 0 Å². The molecule has 6 heteroatoms. The lowest BCUT2D eigenvalue weighted by Crippen LogP contribution is -2.23. The number of carbonyl (C=O) groups excluding carboxylic acids is 1. The molecule has 4 nitrogen and oxygen atoms in total. The second kappa shape index (κ2) is 8.79. The standard InChI is InChI=1S/C20H17Cl2N3O/c21-17-4-1-5-18(22)16(17)6-7-19(26)25-13-15-3-2-10-24-20(15)14-8-11-23-12-9-14/h1-5,8-12H,6-7,13H2,(H,25,26). The number of carbonyl (C=O) groups is 1. The molecule has 0 unspecified atom stereocenters. The summed E-state index contributed by atoms with van der Waals surface area (Å²) in [5.41, 5.74) is 3.55. The second-order valence-electron chi connectivity index (χ2n) is 5.72. The van der Waals surface area contributed by atoms with Gasteiger partial charge in [0.25, 0.3) is 0 Å². The topological polar surface area (TPSA) is 54.9 Å². The molecule has 0 aliphatic carbocycles. The summed E-state index contributed by atoms with van der Waals surface area (Å²) < 4.78 is 0. The predicted molar refractivity (Wildman–Crippen MR) is 104 cm³/mol. The van der Waals surface area contributed by atoms with E-state index in [1.165, 1.54) is 0 Å². The number of rotatable bonds is 6. The summed E-state index contributed by atoms with van der Waals surface area (Å²) in [6.07, 6.45) is 5.99. The van der Waals surface area contributed by atoms with E-state index in [1.54, 1.807) is 36.8 Å². The Balaban J connectivity index is 1.62. The van der Waals surface area contributed by atoms with Gasteiger partial charge in [-0.25, -0.2) is 0 Å². The van der Waals surface area contributed by atoms with Crippen LogP contribution in [0.15, 0.2) is 61.1 Å². The first kappa shape index (κ1) is 18.4. The average molecular weight is 386 g/mol. The van der Waals surface area contributed by atoms with Gasteiger partial charge in [-0.2, -0.15) is 0 Å². The van der Waals surface area contributed by atoms with Gasteiger partial charge in [0.1, 0.15) is 0 Å². The van der Waals surface area contributed by atoms with Crippen molar-refractivity contribution in [2.24, 2.45) is 0 Å². The Morgan fingerprint density at radius 2 is 1.69 bits per heavy atom. The quantitative estimate of drug-likeness (QED) is 0.668. The van der Waals surface area contributed by atoms with Crippen LogP contribution in [0.2, 0.25) is 10.0 Å². The van der Waals surface area contributed by atoms with Gasteiger partial charge >= 0.3 is 0 Å². The molecule has 0 aliphatic heterocycles. The first-order valence-corrected chi connectivity index (χ1v) is 8.94. The maximum Gasteiger partial charge on any atom is 0.220 e. The maximum absolute atomic E-state index is 12.2. The van der Waals surface area contributed by atoms with Crippen LogP contribution >= 0.6 is 23.2 Å². The molecule has 26 heavy (non-hydrogen) atoms. The number of amides is 1. The summed E-state index contributed by atoms with van der Waals surface area (Å²) in [5, 5.41) is 4.10. The summed E-state index contributed by atoms with van der Waals surface area (Å²) in [7, 11) is 0. The Morgan fingerprint density at radius 1 is 0.962 bits per heavy atom. The molecule has 1 aromatic carbocycles. The largest absolute Gasteiger partial charge is 0.352 e. The van der Waals surface area contributed by atoms with Crippen LogP contribution in [-0.2, 0) is 17.8 Å². The molecular formula is C20H17Cl2N3O. The van der Waals surface area contributed by atoms with Gasteiger partial charge in [0, 0.05) is 47.2 Å². The summed E-state index contributed by atoms with van der Waals surface area (Å²) in [5.74, 6) is -0.0643. The van der Waals surface area contributed by atoms with E-state index in [2.05, 4.69) is 15.3 Å². The zero-order valence-corrected chi connectivity index (χ0v) is 15.5. The first-order valence-electron chi connectivity index (χ1n) is 8.19. The van der Waals surface area contributed by atoms with Crippen molar-refractivity contribution >= 4 is 29.1 Å². The van der Waals surface area contributed by atoms with Gasteiger partial charge in [-0.05, 0) is 47.9 Å². The minimum absolute atomic E-state index is 0.0643. The SMILES string of the molecule is O=C(CCc1c(Cl)cccc1Cl)NCc1cccnc1-c1ccncc1. The third-order valence-corrected chi connectivity index (χ3v) is 4.69. The Hall–Kier alpha value is -2.43. The monoisotopic (exact) mass is 385 g/mol. The van der Waals surface area contributed by atoms with E-state index < -0.39 is 0 Å². The van der Waals surface area contributed by atoms with E-state index in [0.29, 0.717) is 29.4 Å². The van der Waals surface area contributed by atoms with Crippen LogP contribution in [0.1, 0.15) is 17.5 Å². The summed E-state index contributed by atoms with van der Waals surface area (Å²) in [6.45, 7) is 0.403. The fraction of sp³-hybridized carbons (Fsp3) is 0.150. The van der Waals surface area contributed by atoms with Crippen LogP contribution in [-0.4, -0.2) is 15.9 Å². The highest BCUT2D eigenvalue weighted by molar-refractivity contribution is 6.36. The van der Waals surface area contributed by atoms with E-state index in [0.717, 1.165) is 22.4 Å². The van der Waals surface area contributed by atoms with Crippen LogP contribution in [0.4, 0.5) is 0 Å². The molecule has 3 aromatic rings. The van der Waals surface area contributed by atoms with Crippen molar-refractivity contribution in [2.75, 3.05) is 0 Å². The molecule has 1 N–H and O–H groups in total. The lowest BCUT2D eigenvalue weighted by Gasteiger charge is -2.11. The summed E-state index contributed by atoms with van der Waals surface area (Å²) >= 11 is 12.3. The normalized spacial score (nSPS) is 10.5. The zero-order chi connectivity index (χ0) is 18.4. The van der Waals surface area contributed by atoms with Crippen molar-refractivity contribution in [3.63, 3.8) is 0 Å². The number of benzene rings is 1. The van der Waals surface area contributed by atoms with E-state index in [-0.39, 0.29) is 5.91 Å². The highest BCUT2D eigenvalue weighted by Crippen LogP contribution is 2.25. The van der Waals surface area contributed by atoms with Crippen LogP contribution in [0.25, 0.3) is 11.3 Å². The molecule has 0 atom stereocenters. The predicted octanol–water partition coefficient (Wildman–Crippen LogP) is 4.70.